The van der Waals surface area contributed by atoms with Gasteiger partial charge in [-0.05, 0) is 105 Å². The van der Waals surface area contributed by atoms with Crippen LogP contribution in [-0.2, 0) is 52.2 Å². The lowest BCUT2D eigenvalue weighted by atomic mass is 9.33. The smallest absolute Gasteiger partial charge is 0.335 e. The minimum absolute atomic E-state index is 0.0549. The van der Waals surface area contributed by atoms with Crippen LogP contribution in [0.5, 0.6) is 0 Å². The monoisotopic (exact) mass is 1200 g/mol. The number of carboxylic acids is 1. The molecule has 26 nitrogen and oxygen atoms in total. The molecule has 26 heteroatoms. The molecule has 0 aromatic rings. The maximum atomic E-state index is 13.4. The molecule has 9 rings (SSSR count). The maximum absolute atomic E-state index is 13.4. The number of carbonyl (C=O) groups excluding carboxylic acids is 1. The summed E-state index contributed by atoms with van der Waals surface area (Å²) in [5.74, 6) is -2.94. The zero-order valence-corrected chi connectivity index (χ0v) is 49.0. The average molecular weight is 1210 g/mol. The fraction of sp³-hybridized carbons (Fsp3) is 0.897. The van der Waals surface area contributed by atoms with Crippen molar-refractivity contribution in [2.75, 3.05) is 33.0 Å². The van der Waals surface area contributed by atoms with Crippen LogP contribution in [-0.4, -0.2) is 257 Å². The van der Waals surface area contributed by atoms with E-state index in [-0.39, 0.29) is 36.0 Å². The largest absolute Gasteiger partial charge is 0.479 e. The Morgan fingerprint density at radius 2 is 1.23 bits per heavy atom. The first-order chi connectivity index (χ1) is 39.4. The van der Waals surface area contributed by atoms with Gasteiger partial charge in [-0.2, -0.15) is 0 Å². The number of ether oxygens (including phenoxy) is 9. The Morgan fingerprint density at radius 1 is 0.631 bits per heavy atom. The molecule has 30 atom stereocenters. The fourth-order valence-corrected chi connectivity index (χ4v) is 17.1. The van der Waals surface area contributed by atoms with Crippen molar-refractivity contribution in [1.29, 1.82) is 0 Å². The van der Waals surface area contributed by atoms with Crippen molar-refractivity contribution in [3.8, 4) is 0 Å². The van der Waals surface area contributed by atoms with Crippen LogP contribution >= 0.6 is 0 Å². The van der Waals surface area contributed by atoms with Crippen molar-refractivity contribution < 1.29 is 129 Å². The van der Waals surface area contributed by atoms with Crippen LogP contribution in [0.15, 0.2) is 23.3 Å². The molecule has 4 saturated carbocycles. The van der Waals surface area contributed by atoms with E-state index in [2.05, 4.69) is 40.7 Å². The number of allylic oxidation sites excluding steroid dienone is 3. The molecule has 0 bridgehead atoms. The van der Waals surface area contributed by atoms with E-state index in [0.29, 0.717) is 44.1 Å². The molecular formula is C58H92O26. The van der Waals surface area contributed by atoms with Gasteiger partial charge in [-0.25, -0.2) is 9.59 Å². The number of hydrogen-bond donors (Lipinski definition) is 15. The normalized spacial score (nSPS) is 52.2. The van der Waals surface area contributed by atoms with Crippen molar-refractivity contribution in [3.05, 3.63) is 23.3 Å². The van der Waals surface area contributed by atoms with Gasteiger partial charge in [-0.3, -0.25) is 0 Å². The Kier molecular flexibility index (Phi) is 19.2. The lowest BCUT2D eigenvalue weighted by Crippen LogP contribution is -2.70. The molecule has 8 fully saturated rings. The third kappa shape index (κ3) is 10.8. The third-order valence-corrected chi connectivity index (χ3v) is 22.3. The van der Waals surface area contributed by atoms with Crippen LogP contribution in [0.1, 0.15) is 107 Å². The van der Waals surface area contributed by atoms with E-state index in [1.54, 1.807) is 19.9 Å². The Labute approximate surface area is 487 Å². The summed E-state index contributed by atoms with van der Waals surface area (Å²) >= 11 is 0. The molecule has 84 heavy (non-hydrogen) atoms. The van der Waals surface area contributed by atoms with Crippen LogP contribution in [0.3, 0.4) is 0 Å². The number of carbonyl (C=O) groups is 2. The highest BCUT2D eigenvalue weighted by molar-refractivity contribution is 5.87. The molecule has 0 radical (unpaired) electrons. The Bertz CT molecular complexity index is 2410. The third-order valence-electron chi connectivity index (χ3n) is 22.3. The standard InChI is InChI=1S/C58H92O26/c1-9-24(2)48(75)79-34-18-53(3,4)16-26-25-10-11-31-54(5)14-13-33(55(6,22-61)30(54)12-15-56(31,7)57(25,8)17-32(64)58(26,34)23-62)80-52-46(84-50-41(71)39(69)37(67)29(20-60)78-50)43(42(72)44(82-52)47(73)74)81-51-45(35(65)27(63)21-76-51)83-49-40(70)38(68)36(66)28(19-59)77-49/h9-10,26-46,49-52,59-72H,11-23H2,1-8H3,(H,73,74)/b24-9-/t26-,27-,28+,29+,30+,31+,32+,33-,34-,35-,36+,37-,38-,39-,40+,41+,42-,43-,44-,45+,46+,49-,50-,51-,52+,54-,55-,56+,57+,58-/m0/s1. The molecule has 0 spiro atoms. The number of aliphatic carboxylic acids is 1. The minimum Gasteiger partial charge on any atom is -0.479 e. The topological polar surface area (TPSA) is 421 Å². The molecule has 0 aromatic carbocycles. The first kappa shape index (κ1) is 66.0. The highest BCUT2D eigenvalue weighted by Crippen LogP contribution is 2.76. The van der Waals surface area contributed by atoms with Gasteiger partial charge < -0.3 is 119 Å². The van der Waals surface area contributed by atoms with Gasteiger partial charge in [-0.1, -0.05) is 59.3 Å². The molecule has 9 aliphatic rings. The summed E-state index contributed by atoms with van der Waals surface area (Å²) in [7, 11) is 0. The minimum atomic E-state index is -2.28. The van der Waals surface area contributed by atoms with E-state index in [1.165, 1.54) is 0 Å². The van der Waals surface area contributed by atoms with Crippen molar-refractivity contribution >= 4 is 11.9 Å². The highest BCUT2D eigenvalue weighted by atomic mass is 16.8. The van der Waals surface area contributed by atoms with Gasteiger partial charge in [0.15, 0.2) is 31.3 Å². The predicted octanol–water partition coefficient (Wildman–Crippen LogP) is -2.40. The number of esters is 1. The number of aliphatic hydroxyl groups excluding tert-OH is 14. The molecule has 4 aliphatic heterocycles. The zero-order chi connectivity index (χ0) is 61.7. The van der Waals surface area contributed by atoms with Gasteiger partial charge in [-0.15, -0.1) is 0 Å². The van der Waals surface area contributed by atoms with Crippen molar-refractivity contribution in [2.24, 2.45) is 50.2 Å². The SMILES string of the molecule is C/C=C(/C)C(=O)O[C@H]1CC(C)(C)C[C@H]2C3=CC[C@@H]4[C@@]5(C)CC[C@H](O[C@@H]6O[C@H](C(=O)O)[C@@H](O)[C@H](O[C@@H]7OC[C@H](O)[C@H](O)[C@H]7O[C@@H]7O[C@H](CO)[C@@H](O)[C@H](O)[C@H]7O)[C@H]6O[C@@H]6O[C@H](CO)[C@H](O)[C@H](O)[C@H]6O)[C@@](C)(CO)[C@@H]5CC[C@@]4(C)[C@]3(C)C[C@@H](O)[C@@]12CO. The molecule has 15 N–H and O–H groups in total. The van der Waals surface area contributed by atoms with E-state index in [0.717, 1.165) is 5.57 Å². The Balaban J connectivity index is 1.05. The van der Waals surface area contributed by atoms with E-state index >= 15 is 0 Å². The Hall–Kier alpha value is -2.46. The van der Waals surface area contributed by atoms with Gasteiger partial charge in [0.2, 0.25) is 0 Å². The molecule has 0 aromatic heterocycles. The Morgan fingerprint density at radius 3 is 1.79 bits per heavy atom. The van der Waals surface area contributed by atoms with Gasteiger partial charge in [0.1, 0.15) is 91.6 Å². The first-order valence-corrected chi connectivity index (χ1v) is 29.6. The summed E-state index contributed by atoms with van der Waals surface area (Å²) in [6, 6.07) is 0. The van der Waals surface area contributed by atoms with Crippen LogP contribution in [0.2, 0.25) is 0 Å². The molecule has 0 unspecified atom stereocenters. The quantitative estimate of drug-likeness (QED) is 0.0352. The van der Waals surface area contributed by atoms with Crippen molar-refractivity contribution in [2.45, 2.75) is 242 Å². The van der Waals surface area contributed by atoms with Crippen molar-refractivity contribution in [3.63, 3.8) is 0 Å². The molecule has 5 aliphatic carbocycles. The van der Waals surface area contributed by atoms with Gasteiger partial charge in [0, 0.05) is 11.0 Å². The summed E-state index contributed by atoms with van der Waals surface area (Å²) < 4.78 is 54.8. The molecular weight excluding hydrogens is 1110 g/mol. The van der Waals surface area contributed by atoms with Gasteiger partial charge in [0.05, 0.1) is 50.7 Å². The summed E-state index contributed by atoms with van der Waals surface area (Å²) in [6.07, 6.45) is -32.0. The summed E-state index contributed by atoms with van der Waals surface area (Å²) in [4.78, 5) is 26.6. The van der Waals surface area contributed by atoms with Crippen LogP contribution in [0.4, 0.5) is 0 Å². The van der Waals surface area contributed by atoms with E-state index < -0.39 is 207 Å². The van der Waals surface area contributed by atoms with Crippen LogP contribution in [0.25, 0.3) is 0 Å². The van der Waals surface area contributed by atoms with Crippen molar-refractivity contribution in [1.82, 2.24) is 0 Å². The number of aliphatic hydroxyl groups is 14. The zero-order valence-electron chi connectivity index (χ0n) is 49.0. The second-order valence-electron chi connectivity index (χ2n) is 27.3. The van der Waals surface area contributed by atoms with E-state index in [9.17, 15) is 86.2 Å². The summed E-state index contributed by atoms with van der Waals surface area (Å²) in [6.45, 7) is 12.9. The molecule has 4 saturated heterocycles. The number of hydrogen-bond acceptors (Lipinski definition) is 25. The number of rotatable bonds is 15. The summed E-state index contributed by atoms with van der Waals surface area (Å²) in [5.41, 5.74) is -2.72. The number of fused-ring (bicyclic) bond motifs is 7. The second kappa shape index (κ2) is 24.4. The maximum Gasteiger partial charge on any atom is 0.335 e. The molecule has 4 heterocycles. The van der Waals surface area contributed by atoms with Crippen LogP contribution < -0.4 is 0 Å². The lowest BCUT2D eigenvalue weighted by molar-refractivity contribution is -0.401. The second-order valence-corrected chi connectivity index (χ2v) is 27.3. The predicted molar refractivity (Wildman–Crippen MR) is 285 cm³/mol. The average Bonchev–Trinajstić information content (AvgIpc) is 0.764. The van der Waals surface area contributed by atoms with Gasteiger partial charge in [0.25, 0.3) is 0 Å². The first-order valence-electron chi connectivity index (χ1n) is 29.6. The summed E-state index contributed by atoms with van der Waals surface area (Å²) in [5, 5.41) is 166. The van der Waals surface area contributed by atoms with E-state index in [1.807, 2.05) is 6.92 Å². The number of carboxylic acid groups (broad SMARTS) is 1. The van der Waals surface area contributed by atoms with Gasteiger partial charge >= 0.3 is 11.9 Å². The molecule has 0 amide bonds. The van der Waals surface area contributed by atoms with Crippen LogP contribution in [0, 0.1) is 50.2 Å². The highest BCUT2D eigenvalue weighted by Gasteiger charge is 2.73. The lowest BCUT2D eigenvalue weighted by Gasteiger charge is -2.72. The van der Waals surface area contributed by atoms with E-state index in [4.69, 9.17) is 42.6 Å². The fourth-order valence-electron chi connectivity index (χ4n) is 17.1. The molecule has 480 valence electrons.